The van der Waals surface area contributed by atoms with Crippen molar-refractivity contribution in [1.29, 1.82) is 0 Å². The highest BCUT2D eigenvalue weighted by Crippen LogP contribution is 2.55. The Morgan fingerprint density at radius 2 is 1.21 bits per heavy atom. The van der Waals surface area contributed by atoms with E-state index in [-0.39, 0.29) is 5.75 Å². The van der Waals surface area contributed by atoms with Crippen LogP contribution in [0.1, 0.15) is 22.5 Å². The molecule has 0 unspecified atom stereocenters. The van der Waals surface area contributed by atoms with E-state index in [1.54, 1.807) is 6.07 Å². The number of phenols is 1. The summed E-state index contributed by atoms with van der Waals surface area (Å²) in [6.45, 7) is 0. The number of imidazole rings is 1. The minimum atomic E-state index is -0.693. The van der Waals surface area contributed by atoms with Gasteiger partial charge in [0.1, 0.15) is 16.9 Å². The average molecular weight is 555 g/mol. The van der Waals surface area contributed by atoms with Crippen LogP contribution in [0.25, 0.3) is 45.0 Å². The van der Waals surface area contributed by atoms with Crippen molar-refractivity contribution in [2.24, 2.45) is 0 Å². The van der Waals surface area contributed by atoms with E-state index in [0.717, 1.165) is 33.6 Å². The Kier molecular flexibility index (Phi) is 5.76. The van der Waals surface area contributed by atoms with Gasteiger partial charge in [0.05, 0.1) is 23.3 Å². The molecule has 0 aliphatic heterocycles. The molecule has 2 N–H and O–H groups in total. The van der Waals surface area contributed by atoms with Crippen LogP contribution < -0.4 is 0 Å². The lowest BCUT2D eigenvalue weighted by Gasteiger charge is -2.30. The van der Waals surface area contributed by atoms with Crippen molar-refractivity contribution in [2.75, 3.05) is 0 Å². The molecule has 8 rings (SSSR count). The Morgan fingerprint density at radius 1 is 0.558 bits per heavy atom. The van der Waals surface area contributed by atoms with Gasteiger partial charge in [-0.2, -0.15) is 0 Å². The highest BCUT2D eigenvalue weighted by Gasteiger charge is 2.48. The number of nitrogens with one attached hydrogen (secondary N) is 1. The molecule has 1 aliphatic carbocycles. The van der Waals surface area contributed by atoms with Crippen LogP contribution in [0, 0.1) is 0 Å². The Hall–Kier alpha value is -5.81. The molecule has 0 atom stereocenters. The summed E-state index contributed by atoms with van der Waals surface area (Å²) in [5.41, 5.74) is 9.83. The molecular formula is C38H26N4O. The second kappa shape index (κ2) is 9.93. The van der Waals surface area contributed by atoms with Crippen molar-refractivity contribution in [3.05, 3.63) is 168 Å². The van der Waals surface area contributed by atoms with Crippen molar-refractivity contribution in [1.82, 2.24) is 19.9 Å². The summed E-state index contributed by atoms with van der Waals surface area (Å²) in [6, 6.07) is 44.6. The summed E-state index contributed by atoms with van der Waals surface area (Å²) < 4.78 is 0. The average Bonchev–Trinajstić information content (AvgIpc) is 3.68. The molecule has 4 aromatic carbocycles. The van der Waals surface area contributed by atoms with E-state index in [4.69, 9.17) is 15.0 Å². The number of aromatic hydroxyl groups is 1. The molecule has 0 bridgehead atoms. The lowest BCUT2D eigenvalue weighted by molar-refractivity contribution is 0.477. The summed E-state index contributed by atoms with van der Waals surface area (Å²) in [6.07, 6.45) is 3.77. The zero-order valence-electron chi connectivity index (χ0n) is 23.1. The predicted molar refractivity (Wildman–Crippen MR) is 169 cm³/mol. The van der Waals surface area contributed by atoms with Gasteiger partial charge in [-0.3, -0.25) is 4.98 Å². The van der Waals surface area contributed by atoms with Crippen LogP contribution in [-0.2, 0) is 5.41 Å². The smallest absolute Gasteiger partial charge is 0.156 e. The number of nitrogens with zero attached hydrogens (tertiary/aromatic N) is 3. The summed E-state index contributed by atoms with van der Waals surface area (Å²) >= 11 is 0. The third kappa shape index (κ3) is 3.82. The number of H-pyrrole nitrogens is 1. The van der Waals surface area contributed by atoms with Crippen LogP contribution >= 0.6 is 0 Å². The summed E-state index contributed by atoms with van der Waals surface area (Å²) in [4.78, 5) is 18.7. The fraction of sp³-hybridized carbons (Fsp3) is 0.0263. The van der Waals surface area contributed by atoms with Gasteiger partial charge in [0.2, 0.25) is 0 Å². The second-order valence-corrected chi connectivity index (χ2v) is 10.7. The molecule has 43 heavy (non-hydrogen) atoms. The molecule has 3 aromatic heterocycles. The van der Waals surface area contributed by atoms with Gasteiger partial charge >= 0.3 is 0 Å². The van der Waals surface area contributed by atoms with E-state index in [0.29, 0.717) is 22.8 Å². The summed E-state index contributed by atoms with van der Waals surface area (Å²) in [7, 11) is 0. The maximum Gasteiger partial charge on any atom is 0.156 e. The van der Waals surface area contributed by atoms with E-state index in [2.05, 4.69) is 77.8 Å². The van der Waals surface area contributed by atoms with Crippen LogP contribution in [0.2, 0.25) is 0 Å². The molecule has 5 heteroatoms. The minimum absolute atomic E-state index is 0.182. The highest BCUT2D eigenvalue weighted by molar-refractivity contribution is 5.86. The standard InChI is InChI=1S/C38H26N4O/c43-33-19-9-6-16-29(33)32-22-21-26(25-12-2-1-3-13-25)36(41-32)37-40-24-35(42-37)38(34-20-10-11-23-39-34)30-17-7-4-14-27(30)28-15-5-8-18-31(28)38/h1-24,43H,(H,40,42). The van der Waals surface area contributed by atoms with Crippen LogP contribution in [0.15, 0.2) is 146 Å². The Bertz CT molecular complexity index is 2060. The van der Waals surface area contributed by atoms with E-state index >= 15 is 0 Å². The van der Waals surface area contributed by atoms with Crippen molar-refractivity contribution in [3.8, 4) is 50.8 Å². The van der Waals surface area contributed by atoms with Crippen molar-refractivity contribution in [3.63, 3.8) is 0 Å². The monoisotopic (exact) mass is 554 g/mol. The lowest BCUT2D eigenvalue weighted by Crippen LogP contribution is -2.30. The molecule has 0 spiro atoms. The number of hydrogen-bond donors (Lipinski definition) is 2. The first-order chi connectivity index (χ1) is 21.2. The highest BCUT2D eigenvalue weighted by atomic mass is 16.3. The lowest BCUT2D eigenvalue weighted by atomic mass is 9.72. The molecule has 5 nitrogen and oxygen atoms in total. The van der Waals surface area contributed by atoms with Crippen LogP contribution in [0.5, 0.6) is 5.75 Å². The Balaban J connectivity index is 1.39. The first-order valence-electron chi connectivity index (χ1n) is 14.3. The van der Waals surface area contributed by atoms with Gasteiger partial charge in [-0.25, -0.2) is 9.97 Å². The summed E-state index contributed by atoms with van der Waals surface area (Å²) in [5, 5.41) is 10.6. The fourth-order valence-corrected chi connectivity index (χ4v) is 6.49. The molecule has 3 heterocycles. The number of phenolic OH excluding ortho intramolecular Hbond substituents is 1. The van der Waals surface area contributed by atoms with Crippen molar-refractivity contribution in [2.45, 2.75) is 5.41 Å². The first kappa shape index (κ1) is 24.9. The zero-order valence-corrected chi connectivity index (χ0v) is 23.1. The number of benzene rings is 4. The minimum Gasteiger partial charge on any atom is -0.507 e. The SMILES string of the molecule is Oc1ccccc1-c1ccc(-c2ccccc2)c(-c2ncc(C3(c4ccccn4)c4ccccc4-c4ccccc43)[nH]2)n1. The number of fused-ring (bicyclic) bond motifs is 3. The van der Waals surface area contributed by atoms with Crippen LogP contribution in [-0.4, -0.2) is 25.0 Å². The second-order valence-electron chi connectivity index (χ2n) is 10.7. The molecule has 0 saturated heterocycles. The Morgan fingerprint density at radius 3 is 1.91 bits per heavy atom. The van der Waals surface area contributed by atoms with E-state index < -0.39 is 5.41 Å². The Labute approximate surface area is 249 Å². The van der Waals surface area contributed by atoms with Gasteiger partial charge in [0.25, 0.3) is 0 Å². The maximum atomic E-state index is 10.6. The zero-order chi connectivity index (χ0) is 28.8. The van der Waals surface area contributed by atoms with E-state index in [1.165, 1.54) is 11.1 Å². The molecule has 0 fully saturated rings. The number of pyridine rings is 2. The van der Waals surface area contributed by atoms with Gasteiger partial charge in [-0.15, -0.1) is 0 Å². The van der Waals surface area contributed by atoms with Crippen LogP contribution in [0.3, 0.4) is 0 Å². The number of hydrogen-bond acceptors (Lipinski definition) is 4. The normalized spacial score (nSPS) is 12.9. The first-order valence-corrected chi connectivity index (χ1v) is 14.3. The van der Waals surface area contributed by atoms with Crippen molar-refractivity contribution < 1.29 is 5.11 Å². The molecule has 7 aromatic rings. The quantitative estimate of drug-likeness (QED) is 0.225. The molecule has 1 aliphatic rings. The van der Waals surface area contributed by atoms with E-state index in [9.17, 15) is 5.11 Å². The third-order valence-electron chi connectivity index (χ3n) is 8.37. The molecule has 0 amide bonds. The van der Waals surface area contributed by atoms with Gasteiger partial charge in [0.15, 0.2) is 5.82 Å². The van der Waals surface area contributed by atoms with Crippen LogP contribution in [0.4, 0.5) is 0 Å². The van der Waals surface area contributed by atoms with Crippen molar-refractivity contribution >= 4 is 0 Å². The molecule has 204 valence electrons. The largest absolute Gasteiger partial charge is 0.507 e. The summed E-state index contributed by atoms with van der Waals surface area (Å²) in [5.74, 6) is 0.824. The van der Waals surface area contributed by atoms with Gasteiger partial charge in [-0.05, 0) is 64.2 Å². The topological polar surface area (TPSA) is 74.7 Å². The molecule has 0 saturated carbocycles. The number of aromatic nitrogens is 4. The molecule has 0 radical (unpaired) electrons. The number of aromatic amines is 1. The van der Waals surface area contributed by atoms with Gasteiger partial charge in [0, 0.05) is 17.3 Å². The van der Waals surface area contributed by atoms with Gasteiger partial charge in [-0.1, -0.05) is 97.1 Å². The number of rotatable bonds is 5. The predicted octanol–water partition coefficient (Wildman–Crippen LogP) is 8.27. The molecular weight excluding hydrogens is 528 g/mol. The fourth-order valence-electron chi connectivity index (χ4n) is 6.49. The number of para-hydroxylation sites is 1. The van der Waals surface area contributed by atoms with Gasteiger partial charge < -0.3 is 10.1 Å². The third-order valence-corrected chi connectivity index (χ3v) is 8.37. The van der Waals surface area contributed by atoms with E-state index in [1.807, 2.05) is 67.0 Å². The maximum absolute atomic E-state index is 10.6.